The first kappa shape index (κ1) is 24.1. The molecular formula is C21H37NO4Sn. The van der Waals surface area contributed by atoms with E-state index >= 15 is 0 Å². The van der Waals surface area contributed by atoms with Crippen molar-refractivity contribution in [2.24, 2.45) is 0 Å². The molecule has 0 fully saturated rings. The van der Waals surface area contributed by atoms with Crippen molar-refractivity contribution < 1.29 is 20.1 Å². The van der Waals surface area contributed by atoms with Gasteiger partial charge in [0.15, 0.2) is 0 Å². The van der Waals surface area contributed by atoms with Crippen LogP contribution in [0.5, 0.6) is 11.5 Å². The van der Waals surface area contributed by atoms with Crippen LogP contribution < -0.4 is 3.54 Å². The Morgan fingerprint density at radius 1 is 0.963 bits per heavy atom. The van der Waals surface area contributed by atoms with Crippen LogP contribution in [-0.2, 0) is 11.2 Å². The number of phenols is 2. The van der Waals surface area contributed by atoms with Crippen molar-refractivity contribution in [2.45, 2.75) is 85.1 Å². The minimum absolute atomic E-state index is 0.180. The van der Waals surface area contributed by atoms with E-state index in [1.165, 1.54) is 44.7 Å². The van der Waals surface area contributed by atoms with E-state index in [1.807, 2.05) is 0 Å². The molecule has 0 aliphatic rings. The first-order valence-corrected chi connectivity index (χ1v) is 17.9. The Kier molecular flexibility index (Phi) is 11.1. The SMILES string of the molecule is CCC[CH2][Sn]([CH2]CCC)([CH2]CCC)[NH]C(Cc1ccc(O)c(O)c1)C(=O)O. The fourth-order valence-electron chi connectivity index (χ4n) is 3.64. The molecule has 1 aromatic rings. The molecule has 1 unspecified atom stereocenters. The fraction of sp³-hybridized carbons (Fsp3) is 0.667. The molecule has 0 saturated heterocycles. The van der Waals surface area contributed by atoms with Gasteiger partial charge in [0.2, 0.25) is 0 Å². The van der Waals surface area contributed by atoms with E-state index in [0.717, 1.165) is 24.8 Å². The molecule has 0 bridgehead atoms. The van der Waals surface area contributed by atoms with E-state index in [4.69, 9.17) is 0 Å². The van der Waals surface area contributed by atoms with Crippen LogP contribution in [0.4, 0.5) is 0 Å². The summed E-state index contributed by atoms with van der Waals surface area (Å²) >= 11 is -2.80. The number of hydrogen-bond donors (Lipinski definition) is 4. The first-order valence-electron chi connectivity index (χ1n) is 10.4. The quantitative estimate of drug-likeness (QED) is 0.219. The van der Waals surface area contributed by atoms with Gasteiger partial charge >= 0.3 is 169 Å². The van der Waals surface area contributed by atoms with E-state index in [-0.39, 0.29) is 11.5 Å². The summed E-state index contributed by atoms with van der Waals surface area (Å²) in [7, 11) is 0. The maximum absolute atomic E-state index is 12.0. The van der Waals surface area contributed by atoms with Crippen LogP contribution in [-0.4, -0.2) is 46.0 Å². The van der Waals surface area contributed by atoms with E-state index in [9.17, 15) is 20.1 Å². The number of benzene rings is 1. The molecule has 1 atom stereocenters. The molecule has 0 heterocycles. The van der Waals surface area contributed by atoms with Crippen molar-refractivity contribution in [1.82, 2.24) is 3.54 Å². The molecule has 5 nitrogen and oxygen atoms in total. The van der Waals surface area contributed by atoms with Crippen molar-refractivity contribution in [3.05, 3.63) is 23.8 Å². The summed E-state index contributed by atoms with van der Waals surface area (Å²) < 4.78 is 7.29. The molecule has 0 spiro atoms. The van der Waals surface area contributed by atoms with Crippen molar-refractivity contribution in [2.75, 3.05) is 0 Å². The number of rotatable bonds is 14. The van der Waals surface area contributed by atoms with Crippen molar-refractivity contribution in [3.63, 3.8) is 0 Å². The molecule has 154 valence electrons. The molecule has 0 aliphatic heterocycles. The third kappa shape index (κ3) is 8.30. The zero-order chi connectivity index (χ0) is 20.3. The van der Waals surface area contributed by atoms with Crippen LogP contribution >= 0.6 is 0 Å². The van der Waals surface area contributed by atoms with Gasteiger partial charge < -0.3 is 0 Å². The molecular weight excluding hydrogens is 449 g/mol. The van der Waals surface area contributed by atoms with Crippen LogP contribution in [0.25, 0.3) is 0 Å². The van der Waals surface area contributed by atoms with Crippen LogP contribution in [0.2, 0.25) is 13.3 Å². The average Bonchev–Trinajstić information content (AvgIpc) is 2.65. The molecule has 0 amide bonds. The summed E-state index contributed by atoms with van der Waals surface area (Å²) in [5, 5.41) is 29.1. The van der Waals surface area contributed by atoms with Gasteiger partial charge in [-0.15, -0.1) is 0 Å². The summed E-state index contributed by atoms with van der Waals surface area (Å²) in [5.74, 6) is -1.21. The summed E-state index contributed by atoms with van der Waals surface area (Å²) in [5.41, 5.74) is 0.729. The molecule has 0 aliphatic carbocycles. The molecule has 1 aromatic carbocycles. The number of hydrogen-bond acceptors (Lipinski definition) is 4. The number of aromatic hydroxyl groups is 2. The third-order valence-electron chi connectivity index (χ3n) is 5.28. The van der Waals surface area contributed by atoms with Gasteiger partial charge in [0, 0.05) is 0 Å². The minimum atomic E-state index is -2.80. The number of nitrogens with one attached hydrogen (secondary N) is 1. The van der Waals surface area contributed by atoms with Gasteiger partial charge in [-0.05, 0) is 0 Å². The van der Waals surface area contributed by atoms with Gasteiger partial charge in [0.25, 0.3) is 0 Å². The third-order valence-corrected chi connectivity index (χ3v) is 19.2. The Hall–Kier alpha value is -0.951. The Bertz CT molecular complexity index is 558. The van der Waals surface area contributed by atoms with Gasteiger partial charge in [-0.3, -0.25) is 0 Å². The summed E-state index contributed by atoms with van der Waals surface area (Å²) in [4.78, 5) is 12.0. The molecule has 0 aromatic heterocycles. The molecule has 0 saturated carbocycles. The second-order valence-corrected chi connectivity index (χ2v) is 20.1. The zero-order valence-electron chi connectivity index (χ0n) is 17.1. The Morgan fingerprint density at radius 2 is 1.48 bits per heavy atom. The van der Waals surface area contributed by atoms with Gasteiger partial charge in [-0.25, -0.2) is 0 Å². The molecule has 0 radical (unpaired) electrons. The zero-order valence-corrected chi connectivity index (χ0v) is 20.0. The summed E-state index contributed by atoms with van der Waals surface area (Å²) in [6.45, 7) is 6.60. The summed E-state index contributed by atoms with van der Waals surface area (Å²) in [6, 6.07) is 3.95. The normalized spacial score (nSPS) is 12.9. The second-order valence-electron chi connectivity index (χ2n) is 7.65. The number of carbonyl (C=O) groups is 1. The molecule has 6 heteroatoms. The standard InChI is InChI=1S/C9H10NO4.3C4H9.Sn/c10-6(9(13)14)3-5-1-2-7(11)8(12)4-5;3*1-3-4-2;/h1-2,4,6,10-12H,3H2,(H,13,14);3*1,3-4H2,2H3;/q-1;;;;+1. The number of phenolic OH excluding ortho intramolecular Hbond substituents is 2. The molecule has 27 heavy (non-hydrogen) atoms. The van der Waals surface area contributed by atoms with Gasteiger partial charge in [-0.2, -0.15) is 0 Å². The van der Waals surface area contributed by atoms with Gasteiger partial charge in [-0.1, -0.05) is 0 Å². The van der Waals surface area contributed by atoms with Crippen LogP contribution in [0.1, 0.15) is 64.9 Å². The van der Waals surface area contributed by atoms with Gasteiger partial charge in [0.1, 0.15) is 0 Å². The second kappa shape index (κ2) is 12.5. The van der Waals surface area contributed by atoms with Crippen LogP contribution in [0, 0.1) is 0 Å². The predicted octanol–water partition coefficient (Wildman–Crippen LogP) is 5.03. The van der Waals surface area contributed by atoms with Crippen molar-refractivity contribution >= 4 is 24.6 Å². The Balaban J connectivity index is 3.04. The Labute approximate surface area is 168 Å². The number of unbranched alkanes of at least 4 members (excludes halogenated alkanes) is 3. The van der Waals surface area contributed by atoms with Gasteiger partial charge in [0.05, 0.1) is 0 Å². The summed E-state index contributed by atoms with van der Waals surface area (Å²) in [6.07, 6.45) is 7.26. The van der Waals surface area contributed by atoms with Crippen molar-refractivity contribution in [3.8, 4) is 11.5 Å². The first-order chi connectivity index (χ1) is 12.9. The van der Waals surface area contributed by atoms with Crippen LogP contribution in [0.3, 0.4) is 0 Å². The van der Waals surface area contributed by atoms with E-state index in [2.05, 4.69) is 24.3 Å². The Morgan fingerprint density at radius 3 is 1.89 bits per heavy atom. The predicted molar refractivity (Wildman–Crippen MR) is 113 cm³/mol. The average molecular weight is 486 g/mol. The number of aliphatic carboxylic acids is 1. The topological polar surface area (TPSA) is 89.8 Å². The molecule has 1 rings (SSSR count). The van der Waals surface area contributed by atoms with E-state index in [1.54, 1.807) is 6.07 Å². The number of carboxylic acids is 1. The van der Waals surface area contributed by atoms with E-state index < -0.39 is 30.7 Å². The van der Waals surface area contributed by atoms with Crippen LogP contribution in [0.15, 0.2) is 18.2 Å². The number of carboxylic acid groups (broad SMARTS) is 1. The van der Waals surface area contributed by atoms with E-state index in [0.29, 0.717) is 6.42 Å². The van der Waals surface area contributed by atoms with Crippen molar-refractivity contribution in [1.29, 1.82) is 0 Å². The molecule has 4 N–H and O–H groups in total. The maximum atomic E-state index is 12.0. The monoisotopic (exact) mass is 487 g/mol. The fourth-order valence-corrected chi connectivity index (χ4v) is 18.6.